The van der Waals surface area contributed by atoms with Gasteiger partial charge in [0.2, 0.25) is 0 Å². The van der Waals surface area contributed by atoms with Crippen LogP contribution in [0.2, 0.25) is 0 Å². The van der Waals surface area contributed by atoms with Crippen LogP contribution < -0.4 is 0 Å². The van der Waals surface area contributed by atoms with E-state index < -0.39 is 0 Å². The Morgan fingerprint density at radius 3 is 2.83 bits per heavy atom. The first-order valence-electron chi connectivity index (χ1n) is 4.61. The fourth-order valence-electron chi connectivity index (χ4n) is 1.87. The molecule has 0 saturated heterocycles. The van der Waals surface area contributed by atoms with Crippen LogP contribution in [0.5, 0.6) is 0 Å². The number of hydrogen-bond acceptors (Lipinski definition) is 2. The zero-order valence-electron chi connectivity index (χ0n) is 7.80. The smallest absolute Gasteiger partial charge is 0.136 e. The Morgan fingerprint density at radius 2 is 2.25 bits per heavy atom. The number of carbonyl (C=O) groups is 2. The summed E-state index contributed by atoms with van der Waals surface area (Å²) in [6.07, 6.45) is 3.06. The second-order valence-electron chi connectivity index (χ2n) is 3.95. The lowest BCUT2D eigenvalue weighted by atomic mass is 9.79. The van der Waals surface area contributed by atoms with Crippen LogP contribution >= 0.6 is 0 Å². The minimum absolute atomic E-state index is 0.0336. The number of rotatable bonds is 2. The molecule has 1 rings (SSSR count). The van der Waals surface area contributed by atoms with Gasteiger partial charge in [-0.05, 0) is 25.7 Å². The molecule has 0 aromatic heterocycles. The Bertz CT molecular complexity index is 196. The highest BCUT2D eigenvalue weighted by atomic mass is 16.1. The van der Waals surface area contributed by atoms with Crippen LogP contribution in [0, 0.1) is 11.8 Å². The number of hydrogen-bond donors (Lipinski definition) is 0. The first-order chi connectivity index (χ1) is 5.59. The summed E-state index contributed by atoms with van der Waals surface area (Å²) in [6.45, 7) is 3.71. The lowest BCUT2D eigenvalue weighted by molar-refractivity contribution is -0.129. The van der Waals surface area contributed by atoms with E-state index in [9.17, 15) is 9.59 Å². The molecular formula is C10H16O2. The molecule has 1 fully saturated rings. The van der Waals surface area contributed by atoms with Crippen LogP contribution in [0.15, 0.2) is 0 Å². The van der Waals surface area contributed by atoms with Crippen LogP contribution in [0.25, 0.3) is 0 Å². The van der Waals surface area contributed by atoms with Crippen molar-refractivity contribution in [1.29, 1.82) is 0 Å². The topological polar surface area (TPSA) is 34.1 Å². The van der Waals surface area contributed by atoms with Crippen molar-refractivity contribution in [3.63, 3.8) is 0 Å². The van der Waals surface area contributed by atoms with Gasteiger partial charge in [-0.25, -0.2) is 0 Å². The van der Waals surface area contributed by atoms with Gasteiger partial charge in [0.25, 0.3) is 0 Å². The van der Waals surface area contributed by atoms with Gasteiger partial charge >= 0.3 is 0 Å². The molecule has 0 aromatic carbocycles. The van der Waals surface area contributed by atoms with Gasteiger partial charge in [0.1, 0.15) is 11.6 Å². The summed E-state index contributed by atoms with van der Waals surface area (Å²) in [5.74, 6) is 1.09. The van der Waals surface area contributed by atoms with E-state index in [2.05, 4.69) is 6.92 Å². The minimum Gasteiger partial charge on any atom is -0.300 e. The molecule has 0 aliphatic heterocycles. The largest absolute Gasteiger partial charge is 0.300 e. The van der Waals surface area contributed by atoms with Gasteiger partial charge in [0.15, 0.2) is 0 Å². The summed E-state index contributed by atoms with van der Waals surface area (Å²) in [5.41, 5.74) is 0. The Hall–Kier alpha value is -0.660. The molecule has 1 aliphatic carbocycles. The van der Waals surface area contributed by atoms with E-state index in [1.54, 1.807) is 6.92 Å². The van der Waals surface area contributed by atoms with Crippen molar-refractivity contribution >= 4 is 11.6 Å². The third-order valence-electron chi connectivity index (χ3n) is 2.56. The average molecular weight is 168 g/mol. The highest BCUT2D eigenvalue weighted by Crippen LogP contribution is 2.28. The summed E-state index contributed by atoms with van der Waals surface area (Å²) in [6, 6.07) is 0. The summed E-state index contributed by atoms with van der Waals surface area (Å²) in [7, 11) is 0. The molecule has 0 bridgehead atoms. The third-order valence-corrected chi connectivity index (χ3v) is 2.56. The predicted octanol–water partition coefficient (Wildman–Crippen LogP) is 1.97. The Labute approximate surface area is 73.3 Å². The van der Waals surface area contributed by atoms with Crippen molar-refractivity contribution in [3.05, 3.63) is 0 Å². The van der Waals surface area contributed by atoms with Crippen molar-refractivity contribution < 1.29 is 9.59 Å². The van der Waals surface area contributed by atoms with E-state index in [1.807, 2.05) is 0 Å². The molecule has 0 amide bonds. The van der Waals surface area contributed by atoms with Gasteiger partial charge < -0.3 is 4.79 Å². The molecule has 0 heterocycles. The van der Waals surface area contributed by atoms with E-state index in [0.29, 0.717) is 24.5 Å². The Kier molecular flexibility index (Phi) is 3.01. The molecular weight excluding hydrogens is 152 g/mol. The van der Waals surface area contributed by atoms with Gasteiger partial charge in [0, 0.05) is 18.8 Å². The zero-order chi connectivity index (χ0) is 9.14. The van der Waals surface area contributed by atoms with E-state index in [0.717, 1.165) is 12.8 Å². The quantitative estimate of drug-likeness (QED) is 0.631. The van der Waals surface area contributed by atoms with E-state index in [1.165, 1.54) is 0 Å². The first-order valence-corrected chi connectivity index (χ1v) is 4.61. The highest BCUT2D eigenvalue weighted by molar-refractivity contribution is 5.87. The van der Waals surface area contributed by atoms with Crippen LogP contribution in [0.3, 0.4) is 0 Å². The maximum atomic E-state index is 11.3. The highest BCUT2D eigenvalue weighted by Gasteiger charge is 2.26. The molecule has 2 nitrogen and oxygen atoms in total. The second-order valence-corrected chi connectivity index (χ2v) is 3.95. The molecule has 0 radical (unpaired) electrons. The predicted molar refractivity (Wildman–Crippen MR) is 46.8 cm³/mol. The fourth-order valence-corrected chi connectivity index (χ4v) is 1.87. The fraction of sp³-hybridized carbons (Fsp3) is 0.800. The average Bonchev–Trinajstić information content (AvgIpc) is 1.96. The van der Waals surface area contributed by atoms with Crippen LogP contribution in [-0.4, -0.2) is 11.6 Å². The summed E-state index contributed by atoms with van der Waals surface area (Å²) in [5, 5.41) is 0. The van der Waals surface area contributed by atoms with Crippen molar-refractivity contribution in [2.45, 2.75) is 39.5 Å². The Morgan fingerprint density at radius 1 is 1.58 bits per heavy atom. The van der Waals surface area contributed by atoms with Gasteiger partial charge in [0.05, 0.1) is 0 Å². The van der Waals surface area contributed by atoms with Crippen LogP contribution in [0.1, 0.15) is 39.5 Å². The standard InChI is InChI=1S/C10H16O2/c1-7-3-4-10(12)9(5-7)6-8(2)11/h7,9H,3-6H2,1-2H3. The first kappa shape index (κ1) is 9.43. The van der Waals surface area contributed by atoms with Crippen LogP contribution in [-0.2, 0) is 9.59 Å². The van der Waals surface area contributed by atoms with Gasteiger partial charge in [-0.1, -0.05) is 6.92 Å². The molecule has 2 heteroatoms. The maximum Gasteiger partial charge on any atom is 0.136 e. The van der Waals surface area contributed by atoms with Crippen molar-refractivity contribution in [3.8, 4) is 0 Å². The second kappa shape index (κ2) is 3.83. The molecule has 0 spiro atoms. The molecule has 0 aromatic rings. The molecule has 2 unspecified atom stereocenters. The van der Waals surface area contributed by atoms with E-state index in [-0.39, 0.29) is 11.7 Å². The van der Waals surface area contributed by atoms with Gasteiger partial charge in [-0.15, -0.1) is 0 Å². The molecule has 1 saturated carbocycles. The van der Waals surface area contributed by atoms with Gasteiger partial charge in [-0.2, -0.15) is 0 Å². The van der Waals surface area contributed by atoms with Crippen molar-refractivity contribution in [2.75, 3.05) is 0 Å². The minimum atomic E-state index is 0.0336. The van der Waals surface area contributed by atoms with Crippen molar-refractivity contribution in [1.82, 2.24) is 0 Å². The zero-order valence-corrected chi connectivity index (χ0v) is 7.80. The van der Waals surface area contributed by atoms with Crippen LogP contribution in [0.4, 0.5) is 0 Å². The normalized spacial score (nSPS) is 30.3. The summed E-state index contributed by atoms with van der Waals surface area (Å²) in [4.78, 5) is 22.1. The molecule has 2 atom stereocenters. The monoisotopic (exact) mass is 168 g/mol. The number of Topliss-reactive ketones (excluding diaryl/α,β-unsaturated/α-hetero) is 2. The molecule has 1 aliphatic rings. The van der Waals surface area contributed by atoms with E-state index >= 15 is 0 Å². The molecule has 0 N–H and O–H groups in total. The number of ketones is 2. The van der Waals surface area contributed by atoms with E-state index in [4.69, 9.17) is 0 Å². The number of carbonyl (C=O) groups excluding carboxylic acids is 2. The lowest BCUT2D eigenvalue weighted by Gasteiger charge is -2.24. The lowest BCUT2D eigenvalue weighted by Crippen LogP contribution is -2.25. The van der Waals surface area contributed by atoms with Crippen molar-refractivity contribution in [2.24, 2.45) is 11.8 Å². The third kappa shape index (κ3) is 2.43. The summed E-state index contributed by atoms with van der Waals surface area (Å²) < 4.78 is 0. The maximum absolute atomic E-state index is 11.3. The molecule has 68 valence electrons. The Balaban J connectivity index is 2.49. The SMILES string of the molecule is CC(=O)CC1CC(C)CCC1=O. The summed E-state index contributed by atoms with van der Waals surface area (Å²) >= 11 is 0. The van der Waals surface area contributed by atoms with Gasteiger partial charge in [-0.3, -0.25) is 4.79 Å². The molecule has 12 heavy (non-hydrogen) atoms.